The monoisotopic (exact) mass is 379 g/mol. The van der Waals surface area contributed by atoms with Crippen LogP contribution in [0.2, 0.25) is 0 Å². The number of nitrogens with one attached hydrogen (secondary N) is 1. The summed E-state index contributed by atoms with van der Waals surface area (Å²) in [5.41, 5.74) is 0.0101. The van der Waals surface area contributed by atoms with Crippen LogP contribution in [0.4, 0.5) is 0 Å². The van der Waals surface area contributed by atoms with Crippen LogP contribution in [0.15, 0.2) is 0 Å². The van der Waals surface area contributed by atoms with Gasteiger partial charge in [-0.1, -0.05) is 27.7 Å². The van der Waals surface area contributed by atoms with E-state index in [2.05, 4.69) is 39.3 Å². The van der Waals surface area contributed by atoms with Crippen LogP contribution in [0.3, 0.4) is 0 Å². The van der Waals surface area contributed by atoms with Gasteiger partial charge in [0.05, 0.1) is 31.2 Å². The molecule has 6 nitrogen and oxygen atoms in total. The van der Waals surface area contributed by atoms with E-state index in [1.54, 1.807) is 0 Å². The Bertz CT molecular complexity index is 472. The quantitative estimate of drug-likeness (QED) is 0.597. The Balaban J connectivity index is 2.62. The highest BCUT2D eigenvalue weighted by atomic mass is 32.2. The molecule has 1 heterocycles. The third-order valence-electron chi connectivity index (χ3n) is 4.69. The van der Waals surface area contributed by atoms with Gasteiger partial charge in [-0.05, 0) is 37.5 Å². The molecule has 1 aliphatic heterocycles. The summed E-state index contributed by atoms with van der Waals surface area (Å²) in [6, 6.07) is 0. The van der Waals surface area contributed by atoms with Gasteiger partial charge in [0.2, 0.25) is 10.0 Å². The first-order chi connectivity index (χ1) is 11.5. The van der Waals surface area contributed by atoms with Gasteiger partial charge in [-0.25, -0.2) is 13.1 Å². The maximum atomic E-state index is 11.4. The van der Waals surface area contributed by atoms with Gasteiger partial charge in [-0.3, -0.25) is 0 Å². The Morgan fingerprint density at radius 1 is 1.20 bits per heavy atom. The number of ether oxygens (including phenoxy) is 3. The molecule has 0 saturated carbocycles. The smallest absolute Gasteiger partial charge is 0.208 e. The van der Waals surface area contributed by atoms with E-state index in [-0.39, 0.29) is 30.3 Å². The maximum Gasteiger partial charge on any atom is 0.208 e. The van der Waals surface area contributed by atoms with Crippen molar-refractivity contribution in [1.82, 2.24) is 4.72 Å². The molecule has 1 rings (SSSR count). The molecule has 0 amide bonds. The predicted octanol–water partition coefficient (Wildman–Crippen LogP) is 2.58. The van der Waals surface area contributed by atoms with Gasteiger partial charge in [0.15, 0.2) is 0 Å². The third kappa shape index (κ3) is 9.89. The third-order valence-corrected chi connectivity index (χ3v) is 5.38. The summed E-state index contributed by atoms with van der Waals surface area (Å²) >= 11 is 0. The maximum absolute atomic E-state index is 11.4. The highest BCUT2D eigenvalue weighted by Gasteiger charge is 2.30. The number of sulfonamides is 1. The molecule has 0 unspecified atom stereocenters. The summed E-state index contributed by atoms with van der Waals surface area (Å²) in [6.45, 7) is 12.9. The van der Waals surface area contributed by atoms with Gasteiger partial charge in [-0.15, -0.1) is 0 Å². The lowest BCUT2D eigenvalue weighted by Crippen LogP contribution is -2.42. The van der Waals surface area contributed by atoms with Crippen LogP contribution >= 0.6 is 0 Å². The first kappa shape index (κ1) is 22.8. The minimum Gasteiger partial charge on any atom is -0.381 e. The van der Waals surface area contributed by atoms with E-state index in [1.165, 1.54) is 0 Å². The number of rotatable bonds is 11. The topological polar surface area (TPSA) is 73.9 Å². The van der Waals surface area contributed by atoms with Crippen LogP contribution < -0.4 is 4.72 Å². The largest absolute Gasteiger partial charge is 0.381 e. The second kappa shape index (κ2) is 10.2. The van der Waals surface area contributed by atoms with E-state index < -0.39 is 10.0 Å². The van der Waals surface area contributed by atoms with Crippen molar-refractivity contribution in [2.24, 2.45) is 11.3 Å². The van der Waals surface area contributed by atoms with E-state index in [9.17, 15) is 8.42 Å². The molecule has 0 aromatic heterocycles. The molecule has 0 aliphatic carbocycles. The molecule has 1 fully saturated rings. The van der Waals surface area contributed by atoms with Crippen molar-refractivity contribution < 1.29 is 22.6 Å². The SMILES string of the molecule is CC(C)CC(C)(C)[C@H](C)O[C@@H](CNS(C)(=O)=O)COC1CCOCC1. The molecule has 1 N–H and O–H groups in total. The van der Waals surface area contributed by atoms with Crippen molar-refractivity contribution in [3.63, 3.8) is 0 Å². The van der Waals surface area contributed by atoms with Crippen LogP contribution in [0, 0.1) is 11.3 Å². The molecule has 25 heavy (non-hydrogen) atoms. The van der Waals surface area contributed by atoms with Crippen molar-refractivity contribution in [3.05, 3.63) is 0 Å². The fourth-order valence-corrected chi connectivity index (χ4v) is 3.66. The highest BCUT2D eigenvalue weighted by molar-refractivity contribution is 7.88. The molecule has 150 valence electrons. The van der Waals surface area contributed by atoms with E-state index in [0.29, 0.717) is 12.5 Å². The van der Waals surface area contributed by atoms with Gasteiger partial charge in [0.25, 0.3) is 0 Å². The number of hydrogen-bond donors (Lipinski definition) is 1. The lowest BCUT2D eigenvalue weighted by atomic mass is 9.79. The van der Waals surface area contributed by atoms with Gasteiger partial charge in [0.1, 0.15) is 0 Å². The molecule has 2 atom stereocenters. The second-order valence-electron chi connectivity index (χ2n) is 8.25. The first-order valence-corrected chi connectivity index (χ1v) is 11.2. The summed E-state index contributed by atoms with van der Waals surface area (Å²) in [5, 5.41) is 0. The molecular weight excluding hydrogens is 342 g/mol. The van der Waals surface area contributed by atoms with E-state index in [4.69, 9.17) is 14.2 Å². The Labute approximate surface area is 154 Å². The average molecular weight is 380 g/mol. The lowest BCUT2D eigenvalue weighted by molar-refractivity contribution is -0.115. The molecule has 7 heteroatoms. The zero-order chi connectivity index (χ0) is 19.1. The van der Waals surface area contributed by atoms with Crippen LogP contribution in [0.5, 0.6) is 0 Å². The Hall–Kier alpha value is -0.210. The van der Waals surface area contributed by atoms with E-state index in [1.807, 2.05) is 0 Å². The van der Waals surface area contributed by atoms with Gasteiger partial charge in [-0.2, -0.15) is 0 Å². The molecule has 0 spiro atoms. The van der Waals surface area contributed by atoms with Crippen molar-refractivity contribution in [2.45, 2.75) is 72.2 Å². The standard InChI is InChI=1S/C18H37NO5S/c1-14(2)11-18(4,5)15(3)24-17(12-19-25(6,20)21)13-23-16-7-9-22-10-8-16/h14-17,19H,7-13H2,1-6H3/t15-,17-/m0/s1. The fourth-order valence-electron chi connectivity index (χ4n) is 3.17. The van der Waals surface area contributed by atoms with Crippen LogP contribution in [0.25, 0.3) is 0 Å². The van der Waals surface area contributed by atoms with Crippen molar-refractivity contribution >= 4 is 10.0 Å². The summed E-state index contributed by atoms with van der Waals surface area (Å²) in [6.07, 6.45) is 3.81. The van der Waals surface area contributed by atoms with E-state index >= 15 is 0 Å². The van der Waals surface area contributed by atoms with Gasteiger partial charge in [0, 0.05) is 19.8 Å². The van der Waals surface area contributed by atoms with Crippen LogP contribution in [-0.4, -0.2) is 59.4 Å². The summed E-state index contributed by atoms with van der Waals surface area (Å²) in [5.74, 6) is 0.576. The van der Waals surface area contributed by atoms with Crippen molar-refractivity contribution in [2.75, 3.05) is 32.6 Å². The fraction of sp³-hybridized carbons (Fsp3) is 1.00. The zero-order valence-corrected chi connectivity index (χ0v) is 17.5. The van der Waals surface area contributed by atoms with Crippen LogP contribution in [0.1, 0.15) is 53.9 Å². The molecular formula is C18H37NO5S. The van der Waals surface area contributed by atoms with E-state index in [0.717, 1.165) is 38.7 Å². The molecule has 1 saturated heterocycles. The molecule has 1 aliphatic rings. The summed E-state index contributed by atoms with van der Waals surface area (Å²) in [7, 11) is -3.26. The van der Waals surface area contributed by atoms with Gasteiger partial charge < -0.3 is 14.2 Å². The van der Waals surface area contributed by atoms with Crippen LogP contribution in [-0.2, 0) is 24.2 Å². The molecule has 0 aromatic carbocycles. The number of hydrogen-bond acceptors (Lipinski definition) is 5. The highest BCUT2D eigenvalue weighted by Crippen LogP contribution is 2.31. The Kier molecular flexibility index (Phi) is 9.32. The zero-order valence-electron chi connectivity index (χ0n) is 16.7. The normalized spacial score (nSPS) is 20.0. The molecule has 0 radical (unpaired) electrons. The first-order valence-electron chi connectivity index (χ1n) is 9.29. The Morgan fingerprint density at radius 2 is 1.80 bits per heavy atom. The summed E-state index contributed by atoms with van der Waals surface area (Å²) in [4.78, 5) is 0. The second-order valence-corrected chi connectivity index (χ2v) is 10.1. The molecule has 0 bridgehead atoms. The minimum atomic E-state index is -3.26. The Morgan fingerprint density at radius 3 is 2.32 bits per heavy atom. The van der Waals surface area contributed by atoms with Crippen molar-refractivity contribution in [3.8, 4) is 0 Å². The lowest BCUT2D eigenvalue weighted by Gasteiger charge is -2.36. The minimum absolute atomic E-state index is 0.000417. The predicted molar refractivity (Wildman–Crippen MR) is 100 cm³/mol. The average Bonchev–Trinajstić information content (AvgIpc) is 2.48. The molecule has 0 aromatic rings. The van der Waals surface area contributed by atoms with Gasteiger partial charge >= 0.3 is 0 Å². The van der Waals surface area contributed by atoms with Crippen molar-refractivity contribution in [1.29, 1.82) is 0 Å². The summed E-state index contributed by atoms with van der Waals surface area (Å²) < 4.78 is 43.0.